The van der Waals surface area contributed by atoms with Crippen molar-refractivity contribution in [3.63, 3.8) is 0 Å². The monoisotopic (exact) mass is 295 g/mol. The Labute approximate surface area is 124 Å². The Hall–Kier alpha value is -2.08. The van der Waals surface area contributed by atoms with E-state index in [1.165, 1.54) is 14.2 Å². The molecule has 0 saturated heterocycles. The van der Waals surface area contributed by atoms with Crippen LogP contribution in [0, 0.1) is 0 Å². The van der Waals surface area contributed by atoms with Gasteiger partial charge in [0.25, 0.3) is 0 Å². The van der Waals surface area contributed by atoms with Crippen molar-refractivity contribution in [2.75, 3.05) is 20.8 Å². The predicted octanol–water partition coefficient (Wildman–Crippen LogP) is 0.844. The minimum absolute atomic E-state index is 0.165. The van der Waals surface area contributed by atoms with Crippen molar-refractivity contribution < 1.29 is 23.8 Å². The number of nitrogens with two attached hydrogens (primary N) is 1. The molecule has 0 fully saturated rings. The van der Waals surface area contributed by atoms with Crippen molar-refractivity contribution >= 4 is 11.9 Å². The van der Waals surface area contributed by atoms with E-state index in [1.54, 1.807) is 25.1 Å². The second-order valence-electron chi connectivity index (χ2n) is 4.46. The maximum absolute atomic E-state index is 11.5. The number of rotatable bonds is 7. The Morgan fingerprint density at radius 2 is 2.00 bits per heavy atom. The first kappa shape index (κ1) is 17.0. The Morgan fingerprint density at radius 3 is 2.57 bits per heavy atom. The molecule has 0 radical (unpaired) electrons. The van der Waals surface area contributed by atoms with Crippen molar-refractivity contribution in [1.29, 1.82) is 0 Å². The molecule has 6 nitrogen and oxygen atoms in total. The maximum Gasteiger partial charge on any atom is 0.322 e. The van der Waals surface area contributed by atoms with E-state index in [0.717, 1.165) is 11.1 Å². The Kier molecular flexibility index (Phi) is 6.68. The van der Waals surface area contributed by atoms with Crippen LogP contribution in [0.1, 0.15) is 18.1 Å². The average molecular weight is 295 g/mol. The van der Waals surface area contributed by atoms with Gasteiger partial charge in [0.1, 0.15) is 11.8 Å². The van der Waals surface area contributed by atoms with Crippen molar-refractivity contribution in [1.82, 2.24) is 0 Å². The molecule has 1 aromatic carbocycles. The smallest absolute Gasteiger partial charge is 0.322 e. The topological polar surface area (TPSA) is 87.9 Å². The molecule has 0 aliphatic heterocycles. The number of carbonyl (C=O) groups excluding carboxylic acids is 2. The van der Waals surface area contributed by atoms with E-state index in [0.29, 0.717) is 12.4 Å². The zero-order valence-corrected chi connectivity index (χ0v) is 12.5. The zero-order valence-electron chi connectivity index (χ0n) is 12.5. The van der Waals surface area contributed by atoms with Crippen LogP contribution >= 0.6 is 0 Å². The van der Waals surface area contributed by atoms with Crippen LogP contribution in [0.25, 0.3) is 0 Å². The van der Waals surface area contributed by atoms with E-state index in [9.17, 15) is 9.59 Å². The highest BCUT2D eigenvalue weighted by molar-refractivity contribution is 5.76. The maximum atomic E-state index is 11.5. The lowest BCUT2D eigenvalue weighted by molar-refractivity contribution is -0.143. The third-order valence-corrected chi connectivity index (χ3v) is 2.94. The van der Waals surface area contributed by atoms with Gasteiger partial charge >= 0.3 is 11.9 Å². The molecule has 6 heteroatoms. The van der Waals surface area contributed by atoms with Crippen molar-refractivity contribution in [2.45, 2.75) is 25.8 Å². The molecular weight excluding hydrogens is 274 g/mol. The molecule has 1 aromatic rings. The van der Waals surface area contributed by atoms with E-state index in [2.05, 4.69) is 4.74 Å². The number of hydrogen-bond acceptors (Lipinski definition) is 6. The van der Waals surface area contributed by atoms with Gasteiger partial charge in [-0.1, -0.05) is 12.1 Å². The van der Waals surface area contributed by atoms with E-state index in [4.69, 9.17) is 15.2 Å². The van der Waals surface area contributed by atoms with Crippen molar-refractivity contribution in [3.05, 3.63) is 29.3 Å². The van der Waals surface area contributed by atoms with Crippen molar-refractivity contribution in [3.8, 4) is 5.75 Å². The number of methoxy groups -OCH3 is 2. The van der Waals surface area contributed by atoms with Gasteiger partial charge in [0.2, 0.25) is 0 Å². The fourth-order valence-corrected chi connectivity index (χ4v) is 1.95. The number of benzene rings is 1. The standard InChI is InChI=1S/C15H21NO5/c1-4-21-14(17)8-10-5-6-13(19-2)11(7-10)9-12(16)15(18)20-3/h5-7,12H,4,8-9,16H2,1-3H3. The quantitative estimate of drug-likeness (QED) is 0.750. The van der Waals surface area contributed by atoms with Gasteiger partial charge in [0.15, 0.2) is 0 Å². The molecule has 2 N–H and O–H groups in total. The summed E-state index contributed by atoms with van der Waals surface area (Å²) < 4.78 is 14.8. The summed E-state index contributed by atoms with van der Waals surface area (Å²) in [4.78, 5) is 22.9. The molecule has 21 heavy (non-hydrogen) atoms. The largest absolute Gasteiger partial charge is 0.496 e. The SMILES string of the molecule is CCOC(=O)Cc1ccc(OC)c(CC(N)C(=O)OC)c1. The number of hydrogen-bond donors (Lipinski definition) is 1. The summed E-state index contributed by atoms with van der Waals surface area (Å²) in [5, 5.41) is 0. The van der Waals surface area contributed by atoms with Crippen LogP contribution < -0.4 is 10.5 Å². The van der Waals surface area contributed by atoms with Crippen LogP contribution in [-0.2, 0) is 31.9 Å². The molecule has 0 aliphatic carbocycles. The summed E-state index contributed by atoms with van der Waals surface area (Å²) in [5.41, 5.74) is 7.29. The summed E-state index contributed by atoms with van der Waals surface area (Å²) >= 11 is 0. The first-order valence-corrected chi connectivity index (χ1v) is 6.66. The average Bonchev–Trinajstić information content (AvgIpc) is 2.46. The lowest BCUT2D eigenvalue weighted by Crippen LogP contribution is -2.33. The van der Waals surface area contributed by atoms with Crippen LogP contribution in [0.15, 0.2) is 18.2 Å². The predicted molar refractivity (Wildman–Crippen MR) is 77.0 cm³/mol. The molecular formula is C15H21NO5. The first-order valence-electron chi connectivity index (χ1n) is 6.66. The molecule has 0 aromatic heterocycles. The first-order chi connectivity index (χ1) is 10.0. The van der Waals surface area contributed by atoms with Gasteiger partial charge in [0.05, 0.1) is 27.2 Å². The van der Waals surface area contributed by atoms with E-state index >= 15 is 0 Å². The summed E-state index contributed by atoms with van der Waals surface area (Å²) in [5.74, 6) is -0.180. The summed E-state index contributed by atoms with van der Waals surface area (Å²) in [6.45, 7) is 2.10. The molecule has 0 aliphatic rings. The highest BCUT2D eigenvalue weighted by Gasteiger charge is 2.17. The van der Waals surface area contributed by atoms with E-state index < -0.39 is 12.0 Å². The third-order valence-electron chi connectivity index (χ3n) is 2.94. The summed E-state index contributed by atoms with van der Waals surface area (Å²) in [6.07, 6.45) is 0.435. The molecule has 0 bridgehead atoms. The normalized spacial score (nSPS) is 11.6. The van der Waals surface area contributed by atoms with Crippen LogP contribution in [0.4, 0.5) is 0 Å². The molecule has 0 spiro atoms. The molecule has 0 saturated carbocycles. The number of carbonyl (C=O) groups is 2. The van der Waals surface area contributed by atoms with Crippen LogP contribution in [-0.4, -0.2) is 38.8 Å². The van der Waals surface area contributed by atoms with Gasteiger partial charge in [-0.25, -0.2) is 0 Å². The second-order valence-corrected chi connectivity index (χ2v) is 4.46. The van der Waals surface area contributed by atoms with Gasteiger partial charge in [-0.2, -0.15) is 0 Å². The fourth-order valence-electron chi connectivity index (χ4n) is 1.95. The third kappa shape index (κ3) is 5.07. The Morgan fingerprint density at radius 1 is 1.29 bits per heavy atom. The molecule has 1 atom stereocenters. The van der Waals surface area contributed by atoms with Crippen LogP contribution in [0.5, 0.6) is 5.75 Å². The zero-order chi connectivity index (χ0) is 15.8. The minimum atomic E-state index is -0.776. The lowest BCUT2D eigenvalue weighted by Gasteiger charge is -2.14. The van der Waals surface area contributed by atoms with Gasteiger partial charge < -0.3 is 19.9 Å². The van der Waals surface area contributed by atoms with Gasteiger partial charge in [-0.15, -0.1) is 0 Å². The number of esters is 2. The highest BCUT2D eigenvalue weighted by atomic mass is 16.5. The fraction of sp³-hybridized carbons (Fsp3) is 0.467. The van der Waals surface area contributed by atoms with Gasteiger partial charge in [0, 0.05) is 6.42 Å². The molecule has 1 rings (SSSR count). The molecule has 116 valence electrons. The van der Waals surface area contributed by atoms with E-state index in [1.807, 2.05) is 0 Å². The lowest BCUT2D eigenvalue weighted by atomic mass is 10.0. The van der Waals surface area contributed by atoms with Gasteiger partial charge in [-0.05, 0) is 24.1 Å². The second kappa shape index (κ2) is 8.26. The molecule has 1 unspecified atom stereocenters. The summed E-state index contributed by atoms with van der Waals surface area (Å²) in [6, 6.07) is 4.54. The Balaban J connectivity index is 2.89. The Bertz CT molecular complexity index is 501. The molecule has 0 heterocycles. The van der Waals surface area contributed by atoms with E-state index in [-0.39, 0.29) is 18.8 Å². The van der Waals surface area contributed by atoms with Crippen LogP contribution in [0.3, 0.4) is 0 Å². The van der Waals surface area contributed by atoms with Gasteiger partial charge in [-0.3, -0.25) is 9.59 Å². The van der Waals surface area contributed by atoms with Crippen LogP contribution in [0.2, 0.25) is 0 Å². The highest BCUT2D eigenvalue weighted by Crippen LogP contribution is 2.22. The number of ether oxygens (including phenoxy) is 3. The molecule has 0 amide bonds. The van der Waals surface area contributed by atoms with Crippen molar-refractivity contribution in [2.24, 2.45) is 5.73 Å². The minimum Gasteiger partial charge on any atom is -0.496 e. The summed E-state index contributed by atoms with van der Waals surface area (Å²) in [7, 11) is 2.82.